The number of sulfonamides is 1. The zero-order valence-corrected chi connectivity index (χ0v) is 15.8. The molecule has 0 spiro atoms. The summed E-state index contributed by atoms with van der Waals surface area (Å²) in [6, 6.07) is 8.18. The molecule has 1 saturated carbocycles. The van der Waals surface area contributed by atoms with Crippen LogP contribution in [0.2, 0.25) is 0 Å². The maximum Gasteiger partial charge on any atom is 0.254 e. The van der Waals surface area contributed by atoms with Crippen LogP contribution < -0.4 is 14.2 Å². The first-order chi connectivity index (χ1) is 13.5. The van der Waals surface area contributed by atoms with E-state index in [-0.39, 0.29) is 35.6 Å². The van der Waals surface area contributed by atoms with Crippen LogP contribution in [-0.2, 0) is 10.0 Å². The van der Waals surface area contributed by atoms with Crippen molar-refractivity contribution < 1.29 is 22.7 Å². The topological polar surface area (TPSA) is 97.8 Å². The Morgan fingerprint density at radius 3 is 2.79 bits per heavy atom. The van der Waals surface area contributed by atoms with Crippen molar-refractivity contribution in [1.82, 2.24) is 14.6 Å². The predicted molar refractivity (Wildman–Crippen MR) is 98.5 cm³/mol. The van der Waals surface area contributed by atoms with Crippen LogP contribution in [-0.4, -0.2) is 49.6 Å². The van der Waals surface area contributed by atoms with E-state index in [1.54, 1.807) is 24.3 Å². The quantitative estimate of drug-likeness (QED) is 0.832. The Kier molecular flexibility index (Phi) is 4.02. The number of aromatic nitrogens is 1. The van der Waals surface area contributed by atoms with Crippen molar-refractivity contribution in [3.8, 4) is 11.5 Å². The Morgan fingerprint density at radius 2 is 2.04 bits per heavy atom. The smallest absolute Gasteiger partial charge is 0.254 e. The van der Waals surface area contributed by atoms with E-state index in [4.69, 9.17) is 9.47 Å². The van der Waals surface area contributed by atoms with Crippen molar-refractivity contribution in [2.75, 3.05) is 13.3 Å². The summed E-state index contributed by atoms with van der Waals surface area (Å²) in [6.45, 7) is 0.707. The van der Waals surface area contributed by atoms with Crippen molar-refractivity contribution in [1.29, 1.82) is 0 Å². The van der Waals surface area contributed by atoms with Crippen LogP contribution in [0.25, 0.3) is 0 Å². The molecular formula is C19H19N3O5S. The second-order valence-corrected chi connectivity index (χ2v) is 9.04. The van der Waals surface area contributed by atoms with Gasteiger partial charge < -0.3 is 14.4 Å². The molecular weight excluding hydrogens is 382 g/mol. The summed E-state index contributed by atoms with van der Waals surface area (Å²) in [5, 5.41) is 0. The Labute approximate surface area is 162 Å². The summed E-state index contributed by atoms with van der Waals surface area (Å²) >= 11 is 0. The number of rotatable bonds is 4. The van der Waals surface area contributed by atoms with E-state index in [0.717, 1.165) is 6.42 Å². The minimum absolute atomic E-state index is 0.0320. The van der Waals surface area contributed by atoms with Crippen LogP contribution in [0.3, 0.4) is 0 Å². The normalized spacial score (nSPS) is 25.3. The summed E-state index contributed by atoms with van der Waals surface area (Å²) in [5.41, 5.74) is 0.560. The molecule has 1 aliphatic carbocycles. The lowest BCUT2D eigenvalue weighted by Crippen LogP contribution is -2.47. The molecule has 1 aromatic carbocycles. The molecule has 1 aromatic heterocycles. The van der Waals surface area contributed by atoms with Crippen molar-refractivity contribution >= 4 is 15.9 Å². The Bertz CT molecular complexity index is 1030. The van der Waals surface area contributed by atoms with Crippen LogP contribution in [0, 0.1) is 5.92 Å². The van der Waals surface area contributed by atoms with E-state index in [0.29, 0.717) is 30.0 Å². The molecule has 8 nitrogen and oxygen atoms in total. The maximum atomic E-state index is 12.9. The van der Waals surface area contributed by atoms with E-state index in [1.807, 2.05) is 4.90 Å². The fourth-order valence-electron chi connectivity index (χ4n) is 4.32. The summed E-state index contributed by atoms with van der Waals surface area (Å²) in [4.78, 5) is 18.8. The summed E-state index contributed by atoms with van der Waals surface area (Å²) in [6.07, 6.45) is 4.29. The second-order valence-electron chi connectivity index (χ2n) is 7.33. The van der Waals surface area contributed by atoms with E-state index in [1.165, 1.54) is 18.5 Å². The number of carbonyl (C=O) groups is 1. The van der Waals surface area contributed by atoms with Gasteiger partial charge in [-0.2, -0.15) is 0 Å². The molecule has 1 amide bonds. The lowest BCUT2D eigenvalue weighted by Gasteiger charge is -2.32. The largest absolute Gasteiger partial charge is 0.454 e. The van der Waals surface area contributed by atoms with Crippen molar-refractivity contribution in [3.05, 3.63) is 48.3 Å². The number of pyridine rings is 1. The van der Waals surface area contributed by atoms with Gasteiger partial charge >= 0.3 is 0 Å². The number of likely N-dealkylation sites (tertiary alicyclic amines) is 1. The van der Waals surface area contributed by atoms with E-state index < -0.39 is 10.0 Å². The third-order valence-electron chi connectivity index (χ3n) is 5.67. The fraction of sp³-hybridized carbons (Fsp3) is 0.368. The highest BCUT2D eigenvalue weighted by Gasteiger charge is 2.47. The van der Waals surface area contributed by atoms with Gasteiger partial charge in [0.1, 0.15) is 4.90 Å². The van der Waals surface area contributed by atoms with Gasteiger partial charge in [0.15, 0.2) is 11.5 Å². The molecule has 2 aliphatic heterocycles. The molecule has 2 aromatic rings. The van der Waals surface area contributed by atoms with E-state index in [9.17, 15) is 13.2 Å². The molecule has 2 bridgehead atoms. The van der Waals surface area contributed by atoms with E-state index in [2.05, 4.69) is 9.71 Å². The summed E-state index contributed by atoms with van der Waals surface area (Å²) in [5.74, 6) is 1.27. The first-order valence-electron chi connectivity index (χ1n) is 9.14. The molecule has 3 heterocycles. The van der Waals surface area contributed by atoms with Gasteiger partial charge in [0.2, 0.25) is 16.8 Å². The number of nitrogens with one attached hydrogen (secondary N) is 1. The van der Waals surface area contributed by atoms with Crippen molar-refractivity contribution in [2.45, 2.75) is 29.8 Å². The van der Waals surface area contributed by atoms with Gasteiger partial charge in [0, 0.05) is 36.6 Å². The molecule has 5 rings (SSSR count). The highest BCUT2D eigenvalue weighted by atomic mass is 32.2. The average molecular weight is 401 g/mol. The highest BCUT2D eigenvalue weighted by Crippen LogP contribution is 2.40. The number of nitrogens with zero attached hydrogens (tertiary/aromatic N) is 2. The van der Waals surface area contributed by atoms with Crippen LogP contribution in [0.1, 0.15) is 23.2 Å². The zero-order valence-electron chi connectivity index (χ0n) is 14.9. The van der Waals surface area contributed by atoms with Crippen LogP contribution in [0.5, 0.6) is 11.5 Å². The summed E-state index contributed by atoms with van der Waals surface area (Å²) in [7, 11) is -3.61. The second kappa shape index (κ2) is 6.46. The first-order valence-corrected chi connectivity index (χ1v) is 10.6. The minimum Gasteiger partial charge on any atom is -0.454 e. The third-order valence-corrected chi connectivity index (χ3v) is 7.15. The van der Waals surface area contributed by atoms with Gasteiger partial charge in [0.05, 0.1) is 0 Å². The monoisotopic (exact) mass is 401 g/mol. The Morgan fingerprint density at radius 1 is 1.18 bits per heavy atom. The number of hydrogen-bond donors (Lipinski definition) is 1. The average Bonchev–Trinajstić information content (AvgIpc) is 3.42. The molecule has 0 radical (unpaired) electrons. The predicted octanol–water partition coefficient (Wildman–Crippen LogP) is 1.39. The number of hydrogen-bond acceptors (Lipinski definition) is 6. The molecule has 1 saturated heterocycles. The number of carbonyl (C=O) groups excluding carboxylic acids is 1. The Hall–Kier alpha value is -2.65. The molecule has 28 heavy (non-hydrogen) atoms. The standard InChI is InChI=1S/C19H19N3O5S/c23-19(12-3-4-17-18(7-12)27-11-26-17)22-10-13-6-14(22)8-16(13)21-28(24,25)15-2-1-5-20-9-15/h1-5,7,9,13-14,16,21H,6,8,10-11H2. The number of amides is 1. The third kappa shape index (κ3) is 2.91. The fourth-order valence-corrected chi connectivity index (χ4v) is 5.60. The van der Waals surface area contributed by atoms with Crippen molar-refractivity contribution in [3.63, 3.8) is 0 Å². The highest BCUT2D eigenvalue weighted by molar-refractivity contribution is 7.89. The number of fused-ring (bicyclic) bond motifs is 3. The lowest BCUT2D eigenvalue weighted by molar-refractivity contribution is 0.0691. The number of benzene rings is 1. The van der Waals surface area contributed by atoms with Crippen LogP contribution in [0.4, 0.5) is 0 Å². The van der Waals surface area contributed by atoms with Crippen LogP contribution >= 0.6 is 0 Å². The van der Waals surface area contributed by atoms with Gasteiger partial charge in [-0.3, -0.25) is 9.78 Å². The van der Waals surface area contributed by atoms with Gasteiger partial charge in [0.25, 0.3) is 5.91 Å². The van der Waals surface area contributed by atoms with E-state index >= 15 is 0 Å². The van der Waals surface area contributed by atoms with Crippen molar-refractivity contribution in [2.24, 2.45) is 5.92 Å². The molecule has 1 N–H and O–H groups in total. The first kappa shape index (κ1) is 17.4. The van der Waals surface area contributed by atoms with Gasteiger partial charge in [-0.15, -0.1) is 0 Å². The zero-order chi connectivity index (χ0) is 19.3. The molecule has 146 valence electrons. The Balaban J connectivity index is 1.28. The lowest BCUT2D eigenvalue weighted by atomic mass is 10.0. The molecule has 9 heteroatoms. The molecule has 3 aliphatic rings. The van der Waals surface area contributed by atoms with Gasteiger partial charge in [-0.1, -0.05) is 0 Å². The van der Waals surface area contributed by atoms with Gasteiger partial charge in [-0.25, -0.2) is 13.1 Å². The van der Waals surface area contributed by atoms with Gasteiger partial charge in [-0.05, 0) is 49.1 Å². The molecule has 3 unspecified atom stereocenters. The minimum atomic E-state index is -3.61. The summed E-state index contributed by atoms with van der Waals surface area (Å²) < 4.78 is 38.5. The number of ether oxygens (including phenoxy) is 2. The number of piperidine rings is 1. The SMILES string of the molecule is O=C(c1ccc2c(c1)OCO2)N1CC2CC1CC2NS(=O)(=O)c1cccnc1. The molecule has 3 atom stereocenters. The molecule has 2 fully saturated rings. The maximum absolute atomic E-state index is 12.9. The van der Waals surface area contributed by atoms with Crippen LogP contribution in [0.15, 0.2) is 47.6 Å².